The van der Waals surface area contributed by atoms with Gasteiger partial charge in [0.15, 0.2) is 0 Å². The summed E-state index contributed by atoms with van der Waals surface area (Å²) >= 11 is 0. The maximum Gasteiger partial charge on any atom is 0.0624 e. The minimum absolute atomic E-state index is 0.0389. The van der Waals surface area contributed by atoms with Gasteiger partial charge in [0, 0.05) is 70.2 Å². The van der Waals surface area contributed by atoms with Gasteiger partial charge in [0.05, 0.1) is 50.0 Å². The summed E-state index contributed by atoms with van der Waals surface area (Å²) in [5.41, 5.74) is 38.6. The molecule has 0 amide bonds. The lowest BCUT2D eigenvalue weighted by Gasteiger charge is -2.36. The molecule has 4 aromatic heterocycles. The minimum Gasteiger partial charge on any atom is -0.309 e. The lowest BCUT2D eigenvalue weighted by atomic mass is 9.73. The van der Waals surface area contributed by atoms with Crippen LogP contribution < -0.4 is 0 Å². The van der Waals surface area contributed by atoms with E-state index in [-0.39, 0.29) is 27.1 Å². The molecule has 0 spiro atoms. The van der Waals surface area contributed by atoms with Crippen molar-refractivity contribution in [3.63, 3.8) is 0 Å². The van der Waals surface area contributed by atoms with Gasteiger partial charge in [-0.15, -0.1) is 0 Å². The second-order valence-corrected chi connectivity index (χ2v) is 34.0. The molecule has 0 saturated carbocycles. The topological polar surface area (TPSA) is 14.3 Å². The van der Waals surface area contributed by atoms with Crippen molar-refractivity contribution < 1.29 is 0 Å². The summed E-state index contributed by atoms with van der Waals surface area (Å²) in [5.74, 6) is 0. The number of hydrogen-bond donors (Lipinski definition) is 0. The highest BCUT2D eigenvalue weighted by Gasteiger charge is 2.45. The molecular weight excluding hydrogens is 1270 g/mol. The molecule has 15 aromatic carbocycles. The van der Waals surface area contributed by atoms with Crippen LogP contribution in [0.5, 0.6) is 0 Å². The van der Waals surface area contributed by atoms with E-state index < -0.39 is 0 Å². The van der Waals surface area contributed by atoms with E-state index in [9.17, 15) is 0 Å². The first-order valence-corrected chi connectivity index (χ1v) is 37.9. The van der Waals surface area contributed by atoms with E-state index in [0.717, 1.165) is 0 Å². The number of para-hydroxylation sites is 6. The summed E-state index contributed by atoms with van der Waals surface area (Å²) in [5, 5.41) is 19.1. The first kappa shape index (κ1) is 61.0. The van der Waals surface area contributed by atoms with Gasteiger partial charge in [0.1, 0.15) is 0 Å². The Labute approximate surface area is 612 Å². The molecule has 0 saturated heterocycles. The summed E-state index contributed by atoms with van der Waals surface area (Å²) < 4.78 is 7.59. The van der Waals surface area contributed by atoms with E-state index in [2.05, 4.69) is 358 Å². The normalized spacial score (nSPS) is 15.9. The third kappa shape index (κ3) is 7.51. The Morgan fingerprint density at radius 3 is 1.17 bits per heavy atom. The molecule has 0 fully saturated rings. The highest BCUT2D eigenvalue weighted by atomic mass is 15.0. The summed E-state index contributed by atoms with van der Waals surface area (Å²) in [6, 6.07) is 96.2. The SMILES string of the molecule is Cc1cc2c(c3ccccc13)-c1cc3c(cc1C2(C)C)-n1c2ccccc2c2cccc(c21)C3(C)C.Cc1cc2c(c3ccccc13)-c1cc3c4cccc5c4n(c3cc1C2(C)C)-c1ccccc1C5(C)C.Cc1cc2c(c3ccccc13)-c1cc3c4ccccc4n4c5ccccc5c(c1C2(C)C)c34. The molecule has 6 heterocycles. The average molecular weight is 1350 g/mol. The molecule has 0 bridgehead atoms. The first-order chi connectivity index (χ1) is 50.7. The molecule has 19 aromatic rings. The van der Waals surface area contributed by atoms with Gasteiger partial charge in [-0.3, -0.25) is 0 Å². The number of benzene rings is 15. The molecule has 3 nitrogen and oxygen atoms in total. The molecule has 105 heavy (non-hydrogen) atoms. The molecule has 0 radical (unpaired) electrons. The zero-order chi connectivity index (χ0) is 71.2. The zero-order valence-corrected chi connectivity index (χ0v) is 62.1. The molecule has 0 atom stereocenters. The molecular formula is C102H81N3. The van der Waals surface area contributed by atoms with Crippen LogP contribution in [0.2, 0.25) is 0 Å². The van der Waals surface area contributed by atoms with Gasteiger partial charge in [-0.25, -0.2) is 0 Å². The fourth-order valence-electron chi connectivity index (χ4n) is 21.7. The van der Waals surface area contributed by atoms with Crippen molar-refractivity contribution in [3.8, 4) is 44.8 Å². The van der Waals surface area contributed by atoms with Crippen molar-refractivity contribution in [3.05, 3.63) is 327 Å². The minimum atomic E-state index is -0.0956. The van der Waals surface area contributed by atoms with Gasteiger partial charge in [0.25, 0.3) is 0 Å². The van der Waals surface area contributed by atoms with Crippen LogP contribution in [0, 0.1) is 20.8 Å². The van der Waals surface area contributed by atoms with Crippen LogP contribution in [-0.4, -0.2) is 13.5 Å². The number of fused-ring (bicyclic) bond motifs is 32. The van der Waals surface area contributed by atoms with Crippen molar-refractivity contribution in [2.24, 2.45) is 0 Å². The maximum absolute atomic E-state index is 2.54. The van der Waals surface area contributed by atoms with Crippen LogP contribution in [-0.2, 0) is 27.1 Å². The van der Waals surface area contributed by atoms with Gasteiger partial charge in [-0.05, 0) is 213 Å². The van der Waals surface area contributed by atoms with E-state index >= 15 is 0 Å². The van der Waals surface area contributed by atoms with Gasteiger partial charge < -0.3 is 13.5 Å². The Morgan fingerprint density at radius 1 is 0.219 bits per heavy atom. The highest BCUT2D eigenvalue weighted by molar-refractivity contribution is 6.28. The molecule has 3 heteroatoms. The zero-order valence-electron chi connectivity index (χ0n) is 62.1. The van der Waals surface area contributed by atoms with Crippen molar-refractivity contribution in [1.82, 2.24) is 13.5 Å². The van der Waals surface area contributed by atoms with E-state index in [1.54, 1.807) is 0 Å². The van der Waals surface area contributed by atoms with Crippen molar-refractivity contribution in [2.75, 3.05) is 0 Å². The number of aryl methyl sites for hydroxylation is 3. The van der Waals surface area contributed by atoms with E-state index in [1.165, 1.54) is 231 Å². The Morgan fingerprint density at radius 2 is 0.600 bits per heavy atom. The molecule has 0 unspecified atom stereocenters. The molecule has 5 aliphatic rings. The predicted octanol–water partition coefficient (Wildman–Crippen LogP) is 27.0. The smallest absolute Gasteiger partial charge is 0.0624 e. The summed E-state index contributed by atoms with van der Waals surface area (Å²) in [4.78, 5) is 0. The van der Waals surface area contributed by atoms with E-state index in [0.29, 0.717) is 0 Å². The molecule has 2 aliphatic heterocycles. The third-order valence-electron chi connectivity index (χ3n) is 26.8. The second-order valence-electron chi connectivity index (χ2n) is 34.0. The van der Waals surface area contributed by atoms with Crippen molar-refractivity contribution in [1.29, 1.82) is 0 Å². The predicted molar refractivity (Wildman–Crippen MR) is 446 cm³/mol. The lowest BCUT2D eigenvalue weighted by molar-refractivity contribution is 0.625. The molecule has 0 N–H and O–H groups in total. The van der Waals surface area contributed by atoms with Gasteiger partial charge in [-0.2, -0.15) is 0 Å². The maximum atomic E-state index is 2.54. The van der Waals surface area contributed by atoms with Gasteiger partial charge in [-0.1, -0.05) is 269 Å². The van der Waals surface area contributed by atoms with Gasteiger partial charge in [0.2, 0.25) is 0 Å². The monoisotopic (exact) mass is 1350 g/mol. The van der Waals surface area contributed by atoms with Gasteiger partial charge >= 0.3 is 0 Å². The Balaban J connectivity index is 0.0000000987. The molecule has 3 aliphatic carbocycles. The van der Waals surface area contributed by atoms with Crippen LogP contribution >= 0.6 is 0 Å². The largest absolute Gasteiger partial charge is 0.309 e. The highest BCUT2D eigenvalue weighted by Crippen LogP contribution is 2.61. The lowest BCUT2D eigenvalue weighted by Crippen LogP contribution is -2.27. The number of nitrogens with zero attached hydrogens (tertiary/aromatic N) is 3. The molecule has 24 rings (SSSR count). The number of rotatable bonds is 0. The summed E-state index contributed by atoms with van der Waals surface area (Å²) in [7, 11) is 0. The molecule has 504 valence electrons. The quantitative estimate of drug-likeness (QED) is 0.144. The second kappa shape index (κ2) is 20.3. The number of hydrogen-bond acceptors (Lipinski definition) is 0. The Hall–Kier alpha value is -11.5. The third-order valence-corrected chi connectivity index (χ3v) is 26.8. The Kier molecular flexibility index (Phi) is 11.8. The summed E-state index contributed by atoms with van der Waals surface area (Å²) in [6.07, 6.45) is 0. The fourth-order valence-corrected chi connectivity index (χ4v) is 21.7. The Bertz CT molecular complexity index is 7200. The van der Waals surface area contributed by atoms with Crippen LogP contribution in [0.15, 0.2) is 255 Å². The average Bonchev–Trinajstić information content (AvgIpc) is 1.51. The fraction of sp³-hybridized carbons (Fsp3) is 0.176. The van der Waals surface area contributed by atoms with Crippen LogP contribution in [0.25, 0.3) is 159 Å². The number of aromatic nitrogens is 3. The summed E-state index contributed by atoms with van der Waals surface area (Å²) in [6.45, 7) is 30.8. The van der Waals surface area contributed by atoms with Crippen LogP contribution in [0.3, 0.4) is 0 Å². The van der Waals surface area contributed by atoms with Crippen molar-refractivity contribution >= 4 is 114 Å². The van der Waals surface area contributed by atoms with E-state index in [4.69, 9.17) is 0 Å². The first-order valence-electron chi connectivity index (χ1n) is 37.9. The van der Waals surface area contributed by atoms with Crippen molar-refractivity contribution in [2.45, 2.75) is 117 Å². The van der Waals surface area contributed by atoms with E-state index in [1.807, 2.05) is 0 Å². The van der Waals surface area contributed by atoms with Crippen LogP contribution in [0.4, 0.5) is 0 Å². The standard InChI is InChI=1S/2C35H29N.C32H23N/c1-20-17-29-32(23-13-7-6-11-21(20)23)25-18-28-31(19-27(25)35(29,4)5)36-30-16-9-8-12-22(30)24-14-10-15-26(33(24)36)34(28,2)3;1-20-17-29-32(22-12-7-6-11-21(20)22)25-18-24-23-13-10-15-27-33(23)36(31(24)19-28(25)35(29,4)5)30-16-9-8-14-26(30)34(27,2)3;1-18-16-25-28(21-12-5-4-10-19(18)21)24-17-23-20-11-6-8-14-26(20)33-27-15-9-7-13-22(27)29(31(23)33)30(24)32(25,2)3/h2*6-19H,1-5H3;4-17H,1-3H3. The van der Waals surface area contributed by atoms with Crippen LogP contribution in [0.1, 0.15) is 142 Å².